The maximum atomic E-state index is 12.1. The van der Waals surface area contributed by atoms with Gasteiger partial charge in [0.1, 0.15) is 4.47 Å². The van der Waals surface area contributed by atoms with Crippen LogP contribution in [0.15, 0.2) is 15.5 Å². The van der Waals surface area contributed by atoms with Crippen LogP contribution in [-0.4, -0.2) is 16.3 Å². The molecule has 0 amide bonds. The highest BCUT2D eigenvalue weighted by molar-refractivity contribution is 9.10. The molecule has 0 aliphatic heterocycles. The molecule has 0 fully saturated rings. The first-order chi connectivity index (χ1) is 8.97. The van der Waals surface area contributed by atoms with Gasteiger partial charge >= 0.3 is 0 Å². The Morgan fingerprint density at radius 1 is 1.42 bits per heavy atom. The molecule has 0 saturated carbocycles. The first-order valence-corrected chi connectivity index (χ1v) is 7.76. The van der Waals surface area contributed by atoms with E-state index in [0.717, 1.165) is 25.1 Å². The van der Waals surface area contributed by atoms with Gasteiger partial charge in [-0.2, -0.15) is 5.10 Å². The van der Waals surface area contributed by atoms with Crippen molar-refractivity contribution >= 4 is 21.6 Å². The van der Waals surface area contributed by atoms with Crippen molar-refractivity contribution in [1.29, 1.82) is 0 Å². The zero-order chi connectivity index (χ0) is 14.4. The second-order valence-electron chi connectivity index (χ2n) is 5.36. The second kappa shape index (κ2) is 7.68. The van der Waals surface area contributed by atoms with Crippen LogP contribution in [-0.2, 0) is 6.54 Å². The van der Waals surface area contributed by atoms with E-state index in [4.69, 9.17) is 0 Å². The molecule has 0 aromatic carbocycles. The number of halogens is 1. The summed E-state index contributed by atoms with van der Waals surface area (Å²) in [6, 6.07) is 0. The molecule has 19 heavy (non-hydrogen) atoms. The average Bonchev–Trinajstić information content (AvgIpc) is 2.38. The molecule has 0 bridgehead atoms. The normalized spacial score (nSPS) is 12.7. The molecule has 4 nitrogen and oxygen atoms in total. The lowest BCUT2D eigenvalue weighted by atomic mass is 9.98. The Bertz CT molecular complexity index is 456. The number of aryl methyl sites for hydroxylation is 1. The number of rotatable bonds is 7. The van der Waals surface area contributed by atoms with Crippen LogP contribution < -0.4 is 10.9 Å². The minimum atomic E-state index is -0.0596. The number of anilines is 1. The molecule has 0 saturated heterocycles. The zero-order valence-corrected chi connectivity index (χ0v) is 13.8. The molecule has 1 heterocycles. The summed E-state index contributed by atoms with van der Waals surface area (Å²) in [5.41, 5.74) is 0.723. The van der Waals surface area contributed by atoms with Crippen LogP contribution >= 0.6 is 15.9 Å². The summed E-state index contributed by atoms with van der Waals surface area (Å²) in [6.45, 7) is 10.2. The van der Waals surface area contributed by atoms with E-state index in [-0.39, 0.29) is 5.56 Å². The first kappa shape index (κ1) is 16.2. The SMILES string of the molecule is CCCCn1ncc(NCC(C)C(C)C)c(Br)c1=O. The van der Waals surface area contributed by atoms with Crippen molar-refractivity contribution in [3.05, 3.63) is 21.0 Å². The van der Waals surface area contributed by atoms with Gasteiger partial charge in [0.05, 0.1) is 11.9 Å². The number of nitrogens with one attached hydrogen (secondary N) is 1. The summed E-state index contributed by atoms with van der Waals surface area (Å²) in [7, 11) is 0. The zero-order valence-electron chi connectivity index (χ0n) is 12.2. The molecule has 0 aliphatic carbocycles. The predicted octanol–water partition coefficient (Wildman–Crippen LogP) is 3.51. The van der Waals surface area contributed by atoms with Crippen LogP contribution in [0.4, 0.5) is 5.69 Å². The third-order valence-electron chi connectivity index (χ3n) is 3.46. The molecule has 1 rings (SSSR count). The van der Waals surface area contributed by atoms with Gasteiger partial charge in [-0.05, 0) is 34.2 Å². The topological polar surface area (TPSA) is 46.9 Å². The summed E-state index contributed by atoms with van der Waals surface area (Å²) < 4.78 is 2.10. The molecule has 1 atom stereocenters. The monoisotopic (exact) mass is 329 g/mol. The largest absolute Gasteiger partial charge is 0.382 e. The van der Waals surface area contributed by atoms with Gasteiger partial charge in [-0.15, -0.1) is 0 Å². The van der Waals surface area contributed by atoms with E-state index < -0.39 is 0 Å². The van der Waals surface area contributed by atoms with E-state index in [1.165, 1.54) is 4.68 Å². The lowest BCUT2D eigenvalue weighted by Gasteiger charge is -2.17. The molecule has 1 unspecified atom stereocenters. The van der Waals surface area contributed by atoms with Crippen molar-refractivity contribution in [2.24, 2.45) is 11.8 Å². The molecular weight excluding hydrogens is 306 g/mol. The predicted molar refractivity (Wildman–Crippen MR) is 83.6 cm³/mol. The maximum absolute atomic E-state index is 12.1. The van der Waals surface area contributed by atoms with Crippen molar-refractivity contribution in [2.75, 3.05) is 11.9 Å². The van der Waals surface area contributed by atoms with Crippen LogP contribution in [0, 0.1) is 11.8 Å². The van der Waals surface area contributed by atoms with Gasteiger partial charge in [-0.3, -0.25) is 4.79 Å². The fraction of sp³-hybridized carbons (Fsp3) is 0.714. The quantitative estimate of drug-likeness (QED) is 0.832. The number of hydrogen-bond acceptors (Lipinski definition) is 3. The van der Waals surface area contributed by atoms with Crippen LogP contribution in [0.1, 0.15) is 40.5 Å². The Kier molecular flexibility index (Phi) is 6.55. The smallest absolute Gasteiger partial charge is 0.283 e. The van der Waals surface area contributed by atoms with Crippen molar-refractivity contribution in [3.8, 4) is 0 Å². The van der Waals surface area contributed by atoms with Gasteiger partial charge < -0.3 is 5.32 Å². The lowest BCUT2D eigenvalue weighted by Crippen LogP contribution is -2.25. The van der Waals surface area contributed by atoms with Crippen molar-refractivity contribution in [3.63, 3.8) is 0 Å². The number of hydrogen-bond donors (Lipinski definition) is 1. The molecular formula is C14H24BrN3O. The van der Waals surface area contributed by atoms with Gasteiger partial charge in [0.15, 0.2) is 0 Å². The van der Waals surface area contributed by atoms with E-state index in [9.17, 15) is 4.79 Å². The maximum Gasteiger partial charge on any atom is 0.283 e. The Morgan fingerprint density at radius 2 is 2.11 bits per heavy atom. The highest BCUT2D eigenvalue weighted by Gasteiger charge is 2.11. The van der Waals surface area contributed by atoms with Crippen molar-refractivity contribution in [2.45, 2.75) is 47.1 Å². The second-order valence-corrected chi connectivity index (χ2v) is 6.15. The number of aromatic nitrogens is 2. The Labute approximate surface area is 123 Å². The summed E-state index contributed by atoms with van der Waals surface area (Å²) in [4.78, 5) is 12.1. The van der Waals surface area contributed by atoms with Crippen LogP contribution in [0.5, 0.6) is 0 Å². The first-order valence-electron chi connectivity index (χ1n) is 6.96. The van der Waals surface area contributed by atoms with Crippen LogP contribution in [0.3, 0.4) is 0 Å². The fourth-order valence-electron chi connectivity index (χ4n) is 1.56. The van der Waals surface area contributed by atoms with E-state index in [1.807, 2.05) is 0 Å². The van der Waals surface area contributed by atoms with E-state index >= 15 is 0 Å². The van der Waals surface area contributed by atoms with E-state index in [2.05, 4.69) is 54.0 Å². The van der Waals surface area contributed by atoms with Gasteiger partial charge in [0, 0.05) is 13.1 Å². The molecule has 1 N–H and O–H groups in total. The summed E-state index contributed by atoms with van der Waals surface area (Å²) >= 11 is 3.37. The summed E-state index contributed by atoms with van der Waals surface area (Å²) in [5.74, 6) is 1.17. The van der Waals surface area contributed by atoms with Gasteiger partial charge in [-0.25, -0.2) is 4.68 Å². The summed E-state index contributed by atoms with van der Waals surface area (Å²) in [5, 5.41) is 7.51. The van der Waals surface area contributed by atoms with E-state index in [1.54, 1.807) is 6.20 Å². The van der Waals surface area contributed by atoms with Gasteiger partial charge in [0.25, 0.3) is 5.56 Å². The van der Waals surface area contributed by atoms with Gasteiger partial charge in [-0.1, -0.05) is 34.1 Å². The molecule has 5 heteroatoms. The molecule has 0 radical (unpaired) electrons. The van der Waals surface area contributed by atoms with E-state index in [0.29, 0.717) is 22.9 Å². The molecule has 1 aromatic heterocycles. The molecule has 108 valence electrons. The molecule has 1 aromatic rings. The number of nitrogens with zero attached hydrogens (tertiary/aromatic N) is 2. The standard InChI is InChI=1S/C14H24BrN3O/c1-5-6-7-18-14(19)13(15)12(9-17-18)16-8-11(4)10(2)3/h9-11,16H,5-8H2,1-4H3. The van der Waals surface area contributed by atoms with Gasteiger partial charge in [0.2, 0.25) is 0 Å². The Hall–Kier alpha value is -0.840. The fourth-order valence-corrected chi connectivity index (χ4v) is 2.01. The Morgan fingerprint density at radius 3 is 2.68 bits per heavy atom. The van der Waals surface area contributed by atoms with Crippen molar-refractivity contribution < 1.29 is 0 Å². The van der Waals surface area contributed by atoms with Crippen LogP contribution in [0.25, 0.3) is 0 Å². The lowest BCUT2D eigenvalue weighted by molar-refractivity contribution is 0.439. The minimum Gasteiger partial charge on any atom is -0.382 e. The average molecular weight is 330 g/mol. The minimum absolute atomic E-state index is 0.0596. The highest BCUT2D eigenvalue weighted by Crippen LogP contribution is 2.18. The summed E-state index contributed by atoms with van der Waals surface area (Å²) in [6.07, 6.45) is 3.75. The molecule has 0 aliphatic rings. The third-order valence-corrected chi connectivity index (χ3v) is 4.23. The molecule has 0 spiro atoms. The number of unbranched alkanes of at least 4 members (excludes halogenated alkanes) is 1. The van der Waals surface area contributed by atoms with Crippen LogP contribution in [0.2, 0.25) is 0 Å². The third kappa shape index (κ3) is 4.64. The Balaban J connectivity index is 2.76. The highest BCUT2D eigenvalue weighted by atomic mass is 79.9. The van der Waals surface area contributed by atoms with Crippen molar-refractivity contribution in [1.82, 2.24) is 9.78 Å².